The van der Waals surface area contributed by atoms with Crippen LogP contribution in [0.2, 0.25) is 0 Å². The van der Waals surface area contributed by atoms with Gasteiger partial charge in [0.2, 0.25) is 0 Å². The summed E-state index contributed by atoms with van der Waals surface area (Å²) in [6.45, 7) is 6.61. The Hall–Kier alpha value is -4.58. The maximum absolute atomic E-state index is 13.6. The van der Waals surface area contributed by atoms with Crippen LogP contribution < -0.4 is 14.4 Å². The van der Waals surface area contributed by atoms with Crippen LogP contribution in [-0.4, -0.2) is 30.5 Å². The number of carbonyl (C=O) groups excluding carboxylic acids is 2. The van der Waals surface area contributed by atoms with E-state index in [1.54, 1.807) is 49.6 Å². The molecule has 6 nitrogen and oxygen atoms in total. The Bertz CT molecular complexity index is 1580. The standard InChI is InChI=1S/C33H31NO5/c1-20(2)19-39-28-17-12-23(18-21(28)3)31(35)29-30(27-11-7-9-22-8-5-6-10-26(22)27)34(33(37)32(29)36)24-13-15-25(38-4)16-14-24/h5-18,20,30,35H,19H2,1-4H3/b31-29-. The lowest BCUT2D eigenvalue weighted by atomic mass is 9.91. The van der Waals surface area contributed by atoms with Crippen LogP contribution in [0.5, 0.6) is 11.5 Å². The fourth-order valence-corrected chi connectivity index (χ4v) is 5.00. The summed E-state index contributed by atoms with van der Waals surface area (Å²) < 4.78 is 11.2. The van der Waals surface area contributed by atoms with Crippen LogP contribution in [-0.2, 0) is 9.59 Å². The van der Waals surface area contributed by atoms with Gasteiger partial charge in [-0.15, -0.1) is 0 Å². The number of ketones is 1. The van der Waals surface area contributed by atoms with Crippen molar-refractivity contribution >= 4 is 33.9 Å². The second-order valence-electron chi connectivity index (χ2n) is 10.1. The summed E-state index contributed by atoms with van der Waals surface area (Å²) in [7, 11) is 1.57. The predicted molar refractivity (Wildman–Crippen MR) is 153 cm³/mol. The molecule has 1 fully saturated rings. The number of fused-ring (bicyclic) bond motifs is 1. The van der Waals surface area contributed by atoms with Crippen LogP contribution in [0, 0.1) is 12.8 Å². The third kappa shape index (κ3) is 4.86. The fourth-order valence-electron chi connectivity index (χ4n) is 5.00. The van der Waals surface area contributed by atoms with Crippen molar-refractivity contribution in [3.8, 4) is 11.5 Å². The van der Waals surface area contributed by atoms with E-state index in [9.17, 15) is 14.7 Å². The molecule has 0 saturated carbocycles. The van der Waals surface area contributed by atoms with Gasteiger partial charge in [0.1, 0.15) is 17.3 Å². The molecule has 1 unspecified atom stereocenters. The lowest BCUT2D eigenvalue weighted by Crippen LogP contribution is -2.29. The highest BCUT2D eigenvalue weighted by Crippen LogP contribution is 2.44. The first-order chi connectivity index (χ1) is 18.8. The molecule has 0 aliphatic carbocycles. The number of methoxy groups -OCH3 is 1. The van der Waals surface area contributed by atoms with Gasteiger partial charge in [0.15, 0.2) is 0 Å². The normalized spacial score (nSPS) is 16.7. The van der Waals surface area contributed by atoms with Gasteiger partial charge in [-0.1, -0.05) is 56.3 Å². The topological polar surface area (TPSA) is 76.1 Å². The Morgan fingerprint density at radius 3 is 2.36 bits per heavy atom. The molecule has 1 heterocycles. The van der Waals surface area contributed by atoms with Crippen LogP contribution >= 0.6 is 0 Å². The molecule has 1 aliphatic heterocycles. The lowest BCUT2D eigenvalue weighted by molar-refractivity contribution is -0.132. The van der Waals surface area contributed by atoms with Gasteiger partial charge in [0, 0.05) is 11.3 Å². The maximum Gasteiger partial charge on any atom is 0.300 e. The number of aliphatic hydroxyl groups is 1. The van der Waals surface area contributed by atoms with E-state index in [2.05, 4.69) is 13.8 Å². The molecule has 39 heavy (non-hydrogen) atoms. The zero-order valence-corrected chi connectivity index (χ0v) is 22.5. The number of anilines is 1. The van der Waals surface area contributed by atoms with E-state index in [1.165, 1.54) is 4.90 Å². The highest BCUT2D eigenvalue weighted by Gasteiger charge is 2.47. The number of benzene rings is 4. The minimum atomic E-state index is -0.832. The second kappa shape index (κ2) is 10.7. The van der Waals surface area contributed by atoms with E-state index in [0.29, 0.717) is 35.3 Å². The quantitative estimate of drug-likeness (QED) is 0.164. The Labute approximate surface area is 228 Å². The van der Waals surface area contributed by atoms with Crippen molar-refractivity contribution < 1.29 is 24.2 Å². The van der Waals surface area contributed by atoms with Gasteiger partial charge in [-0.3, -0.25) is 14.5 Å². The average Bonchev–Trinajstić information content (AvgIpc) is 3.21. The number of Topliss-reactive ketones (excluding diaryl/α,β-unsaturated/α-hetero) is 1. The van der Waals surface area contributed by atoms with Crippen molar-refractivity contribution in [2.45, 2.75) is 26.8 Å². The predicted octanol–water partition coefficient (Wildman–Crippen LogP) is 6.82. The molecule has 1 N–H and O–H groups in total. The summed E-state index contributed by atoms with van der Waals surface area (Å²) >= 11 is 0. The first kappa shape index (κ1) is 26.0. The number of amides is 1. The number of hydrogen-bond donors (Lipinski definition) is 1. The van der Waals surface area contributed by atoms with E-state index < -0.39 is 17.7 Å². The summed E-state index contributed by atoms with van der Waals surface area (Å²) in [5.74, 6) is 0.0528. The summed E-state index contributed by atoms with van der Waals surface area (Å²) in [4.78, 5) is 28.7. The number of ether oxygens (including phenoxy) is 2. The summed E-state index contributed by atoms with van der Waals surface area (Å²) in [6, 6.07) is 25.0. The molecule has 0 radical (unpaired) electrons. The molecule has 6 heteroatoms. The van der Waals surface area contributed by atoms with E-state index in [1.807, 2.05) is 49.4 Å². The Morgan fingerprint density at radius 1 is 0.949 bits per heavy atom. The Balaban J connectivity index is 1.69. The second-order valence-corrected chi connectivity index (χ2v) is 10.1. The summed E-state index contributed by atoms with van der Waals surface area (Å²) in [6.07, 6.45) is 0. The van der Waals surface area contributed by atoms with Gasteiger partial charge in [0.05, 0.1) is 25.3 Å². The number of rotatable bonds is 7. The molecule has 1 amide bonds. The molecule has 4 aromatic carbocycles. The first-order valence-electron chi connectivity index (χ1n) is 13.0. The van der Waals surface area contributed by atoms with Crippen molar-refractivity contribution in [2.75, 3.05) is 18.6 Å². The molecule has 5 rings (SSSR count). The molecule has 0 bridgehead atoms. The van der Waals surface area contributed by atoms with Crippen LogP contribution in [0.4, 0.5) is 5.69 Å². The summed E-state index contributed by atoms with van der Waals surface area (Å²) in [5.41, 5.74) is 2.59. The molecule has 4 aromatic rings. The molecular formula is C33H31NO5. The van der Waals surface area contributed by atoms with Gasteiger partial charge in [-0.05, 0) is 77.2 Å². The van der Waals surface area contributed by atoms with Crippen LogP contribution in [0.1, 0.15) is 36.6 Å². The molecule has 0 aromatic heterocycles. The van der Waals surface area contributed by atoms with Crippen molar-refractivity contribution in [3.63, 3.8) is 0 Å². The minimum absolute atomic E-state index is 0.0439. The van der Waals surface area contributed by atoms with Gasteiger partial charge in [-0.25, -0.2) is 0 Å². The van der Waals surface area contributed by atoms with Crippen molar-refractivity contribution in [3.05, 3.63) is 107 Å². The minimum Gasteiger partial charge on any atom is -0.507 e. The van der Waals surface area contributed by atoms with Gasteiger partial charge >= 0.3 is 0 Å². The van der Waals surface area contributed by atoms with Crippen molar-refractivity contribution in [1.82, 2.24) is 0 Å². The van der Waals surface area contributed by atoms with Crippen LogP contribution in [0.15, 0.2) is 90.5 Å². The molecule has 1 atom stereocenters. The number of hydrogen-bond acceptors (Lipinski definition) is 5. The lowest BCUT2D eigenvalue weighted by Gasteiger charge is -2.26. The monoisotopic (exact) mass is 521 g/mol. The van der Waals surface area contributed by atoms with Crippen molar-refractivity contribution in [1.29, 1.82) is 0 Å². The molecule has 1 aliphatic rings. The first-order valence-corrected chi connectivity index (χ1v) is 13.0. The zero-order chi connectivity index (χ0) is 27.7. The number of carbonyl (C=O) groups is 2. The van der Waals surface area contributed by atoms with Crippen molar-refractivity contribution in [2.24, 2.45) is 5.92 Å². The Morgan fingerprint density at radius 2 is 1.67 bits per heavy atom. The Kier molecular flexibility index (Phi) is 7.11. The van der Waals surface area contributed by atoms with Crippen LogP contribution in [0.3, 0.4) is 0 Å². The highest BCUT2D eigenvalue weighted by atomic mass is 16.5. The number of aliphatic hydroxyl groups excluding tert-OH is 1. The zero-order valence-electron chi connectivity index (χ0n) is 22.5. The van der Waals surface area contributed by atoms with Gasteiger partial charge < -0.3 is 14.6 Å². The molecule has 0 spiro atoms. The fraction of sp³-hybridized carbons (Fsp3) is 0.212. The number of aryl methyl sites for hydroxylation is 1. The van der Waals surface area contributed by atoms with E-state index in [-0.39, 0.29) is 11.3 Å². The SMILES string of the molecule is COc1ccc(N2C(=O)C(=O)/C(=C(\O)c3ccc(OCC(C)C)c(C)c3)C2c2cccc3ccccc23)cc1. The summed E-state index contributed by atoms with van der Waals surface area (Å²) in [5, 5.41) is 13.5. The third-order valence-corrected chi connectivity index (χ3v) is 6.93. The molecular weight excluding hydrogens is 490 g/mol. The molecule has 198 valence electrons. The van der Waals surface area contributed by atoms with E-state index in [0.717, 1.165) is 21.9 Å². The van der Waals surface area contributed by atoms with Crippen LogP contribution in [0.25, 0.3) is 16.5 Å². The highest BCUT2D eigenvalue weighted by molar-refractivity contribution is 6.51. The number of nitrogens with zero attached hydrogens (tertiary/aromatic N) is 1. The van der Waals surface area contributed by atoms with Gasteiger partial charge in [-0.2, -0.15) is 0 Å². The van der Waals surface area contributed by atoms with E-state index >= 15 is 0 Å². The maximum atomic E-state index is 13.6. The average molecular weight is 522 g/mol. The smallest absolute Gasteiger partial charge is 0.300 e. The third-order valence-electron chi connectivity index (χ3n) is 6.93. The van der Waals surface area contributed by atoms with E-state index in [4.69, 9.17) is 9.47 Å². The van der Waals surface area contributed by atoms with Gasteiger partial charge in [0.25, 0.3) is 11.7 Å². The largest absolute Gasteiger partial charge is 0.507 e. The molecule has 1 saturated heterocycles.